The predicted molar refractivity (Wildman–Crippen MR) is 109 cm³/mol. The molecule has 1 aliphatic heterocycles. The number of rotatable bonds is 5. The van der Waals surface area contributed by atoms with Gasteiger partial charge in [0.25, 0.3) is 5.91 Å². The maximum atomic E-state index is 12.7. The molecular weight excluding hydrogens is 395 g/mol. The van der Waals surface area contributed by atoms with Crippen LogP contribution >= 0.6 is 35.6 Å². The molecule has 2 fully saturated rings. The summed E-state index contributed by atoms with van der Waals surface area (Å²) in [7, 11) is 1.92. The van der Waals surface area contributed by atoms with E-state index in [2.05, 4.69) is 4.90 Å². The van der Waals surface area contributed by atoms with E-state index in [1.54, 1.807) is 18.2 Å². The second-order valence-electron chi connectivity index (χ2n) is 7.03. The molecule has 0 radical (unpaired) electrons. The molecule has 0 aromatic heterocycles. The summed E-state index contributed by atoms with van der Waals surface area (Å²) in [6, 6.07) is 5.84. The number of carbonyl (C=O) groups is 1. The number of ether oxygens (including phenoxy) is 1. The fourth-order valence-electron chi connectivity index (χ4n) is 4.04. The molecule has 4 nitrogen and oxygen atoms in total. The van der Waals surface area contributed by atoms with E-state index in [1.165, 1.54) is 45.2 Å². The number of halogens is 3. The maximum absolute atomic E-state index is 12.7. The Morgan fingerprint density at radius 2 is 1.85 bits per heavy atom. The zero-order valence-electron chi connectivity index (χ0n) is 15.1. The van der Waals surface area contributed by atoms with Crippen LogP contribution in [0.15, 0.2) is 18.2 Å². The number of hydrogen-bond donors (Lipinski definition) is 0. The van der Waals surface area contributed by atoms with Crippen molar-refractivity contribution >= 4 is 41.5 Å². The topological polar surface area (TPSA) is 32.8 Å². The molecule has 7 heteroatoms. The summed E-state index contributed by atoms with van der Waals surface area (Å²) in [6.45, 7) is 2.36. The number of benzene rings is 1. The van der Waals surface area contributed by atoms with Crippen LogP contribution < -0.4 is 4.74 Å². The van der Waals surface area contributed by atoms with E-state index in [0.717, 1.165) is 6.42 Å². The molecule has 1 saturated heterocycles. The molecule has 1 aromatic carbocycles. The molecule has 1 aromatic rings. The highest BCUT2D eigenvalue weighted by Crippen LogP contribution is 2.29. The Kier molecular flexibility index (Phi) is 8.34. The van der Waals surface area contributed by atoms with Crippen molar-refractivity contribution in [1.29, 1.82) is 0 Å². The molecule has 146 valence electrons. The molecule has 0 bridgehead atoms. The minimum Gasteiger partial charge on any atom is -0.484 e. The van der Waals surface area contributed by atoms with Crippen LogP contribution in [-0.2, 0) is 4.79 Å². The summed E-state index contributed by atoms with van der Waals surface area (Å²) in [5, 5.41) is 0.912. The fraction of sp³-hybridized carbons (Fsp3) is 0.632. The molecule has 3 rings (SSSR count). The molecule has 1 amide bonds. The monoisotopic (exact) mass is 420 g/mol. The maximum Gasteiger partial charge on any atom is 0.260 e. The first-order valence-electron chi connectivity index (χ1n) is 9.14. The molecule has 1 aliphatic carbocycles. The Bertz CT molecular complexity index is 608. The zero-order valence-corrected chi connectivity index (χ0v) is 17.5. The highest BCUT2D eigenvalue weighted by atomic mass is 35.5. The Morgan fingerprint density at radius 3 is 2.54 bits per heavy atom. The summed E-state index contributed by atoms with van der Waals surface area (Å²) in [6.07, 6.45) is 7.29. The van der Waals surface area contributed by atoms with Crippen molar-refractivity contribution in [2.24, 2.45) is 0 Å². The number of nitrogens with zero attached hydrogens (tertiary/aromatic N) is 2. The molecule has 1 heterocycles. The van der Waals surface area contributed by atoms with E-state index in [-0.39, 0.29) is 31.0 Å². The van der Waals surface area contributed by atoms with E-state index in [1.807, 2.05) is 11.9 Å². The van der Waals surface area contributed by atoms with Gasteiger partial charge < -0.3 is 9.64 Å². The lowest BCUT2D eigenvalue weighted by atomic mass is 9.88. The van der Waals surface area contributed by atoms with Crippen molar-refractivity contribution in [2.45, 2.75) is 50.6 Å². The van der Waals surface area contributed by atoms with Gasteiger partial charge in [0.15, 0.2) is 6.61 Å². The van der Waals surface area contributed by atoms with Gasteiger partial charge in [0.05, 0.1) is 10.0 Å². The van der Waals surface area contributed by atoms with Gasteiger partial charge in [-0.2, -0.15) is 0 Å². The summed E-state index contributed by atoms with van der Waals surface area (Å²) >= 11 is 11.9. The van der Waals surface area contributed by atoms with Crippen LogP contribution in [0.25, 0.3) is 0 Å². The average Bonchev–Trinajstić information content (AvgIpc) is 3.16. The lowest BCUT2D eigenvalue weighted by molar-refractivity contribution is -0.136. The van der Waals surface area contributed by atoms with Gasteiger partial charge in [0, 0.05) is 25.2 Å². The van der Waals surface area contributed by atoms with Gasteiger partial charge in [-0.1, -0.05) is 36.0 Å². The van der Waals surface area contributed by atoms with Gasteiger partial charge in [-0.05, 0) is 50.9 Å². The molecule has 26 heavy (non-hydrogen) atoms. The van der Waals surface area contributed by atoms with E-state index < -0.39 is 0 Å². The average molecular weight is 422 g/mol. The van der Waals surface area contributed by atoms with Crippen LogP contribution in [0.3, 0.4) is 0 Å². The molecule has 1 saturated carbocycles. The molecular formula is C19H27Cl3N2O2. The Hall–Kier alpha value is -0.680. The zero-order chi connectivity index (χ0) is 17.8. The van der Waals surface area contributed by atoms with Crippen LogP contribution in [0.1, 0.15) is 38.5 Å². The summed E-state index contributed by atoms with van der Waals surface area (Å²) in [4.78, 5) is 17.1. The number of likely N-dealkylation sites (N-methyl/N-ethyl adjacent to an activating group) is 1. The molecule has 2 aliphatic rings. The van der Waals surface area contributed by atoms with Crippen LogP contribution in [-0.4, -0.2) is 54.5 Å². The van der Waals surface area contributed by atoms with Crippen molar-refractivity contribution < 1.29 is 9.53 Å². The normalized spacial score (nSPS) is 23.3. The van der Waals surface area contributed by atoms with Crippen molar-refractivity contribution in [3.8, 4) is 5.75 Å². The molecule has 0 N–H and O–H groups in total. The summed E-state index contributed by atoms with van der Waals surface area (Å²) in [5.74, 6) is 0.582. The van der Waals surface area contributed by atoms with Gasteiger partial charge in [0.2, 0.25) is 0 Å². The predicted octanol–water partition coefficient (Wildman–Crippen LogP) is 4.66. The largest absolute Gasteiger partial charge is 0.484 e. The number of likely N-dealkylation sites (tertiary alicyclic amines) is 1. The second kappa shape index (κ2) is 10.0. The van der Waals surface area contributed by atoms with Gasteiger partial charge >= 0.3 is 0 Å². The van der Waals surface area contributed by atoms with Gasteiger partial charge in [-0.15, -0.1) is 12.4 Å². The third-order valence-electron chi connectivity index (χ3n) is 5.45. The highest BCUT2D eigenvalue weighted by Gasteiger charge is 2.35. The van der Waals surface area contributed by atoms with Crippen LogP contribution in [0.4, 0.5) is 0 Å². The first-order chi connectivity index (χ1) is 12.1. The van der Waals surface area contributed by atoms with Crippen LogP contribution in [0, 0.1) is 0 Å². The summed E-state index contributed by atoms with van der Waals surface area (Å²) < 4.78 is 5.63. The van der Waals surface area contributed by atoms with Gasteiger partial charge in [-0.25, -0.2) is 0 Å². The highest BCUT2D eigenvalue weighted by molar-refractivity contribution is 6.42. The van der Waals surface area contributed by atoms with E-state index in [4.69, 9.17) is 27.9 Å². The SMILES string of the molecule is CN(C(=O)COc1ccc(Cl)c(Cl)c1)C1CCCC[C@@H]1N1CCCC1.Cl. The third-order valence-corrected chi connectivity index (χ3v) is 6.19. The third kappa shape index (κ3) is 5.19. The van der Waals surface area contributed by atoms with Crippen molar-refractivity contribution in [2.75, 3.05) is 26.7 Å². The lowest BCUT2D eigenvalue weighted by Gasteiger charge is -2.42. The second-order valence-corrected chi connectivity index (χ2v) is 7.85. The van der Waals surface area contributed by atoms with Crippen molar-refractivity contribution in [3.63, 3.8) is 0 Å². The van der Waals surface area contributed by atoms with Crippen molar-refractivity contribution in [1.82, 2.24) is 9.80 Å². The Balaban J connectivity index is 0.00000243. The standard InChI is InChI=1S/C19H26Cl2N2O2.ClH/c1-22(17-6-2-3-7-18(17)23-10-4-5-11-23)19(24)13-25-14-8-9-15(20)16(21)12-14;/h8-9,12,17-18H,2-7,10-11,13H2,1H3;1H/t17?,18-;/m0./s1. The first-order valence-corrected chi connectivity index (χ1v) is 9.89. The quantitative estimate of drug-likeness (QED) is 0.693. The van der Waals surface area contributed by atoms with E-state index in [9.17, 15) is 4.79 Å². The van der Waals surface area contributed by atoms with E-state index in [0.29, 0.717) is 21.8 Å². The minimum absolute atomic E-state index is 0. The van der Waals surface area contributed by atoms with E-state index >= 15 is 0 Å². The Morgan fingerprint density at radius 1 is 1.15 bits per heavy atom. The molecule has 2 atom stereocenters. The number of hydrogen-bond acceptors (Lipinski definition) is 3. The van der Waals surface area contributed by atoms with Crippen molar-refractivity contribution in [3.05, 3.63) is 28.2 Å². The minimum atomic E-state index is 0. The van der Waals surface area contributed by atoms with Crippen LogP contribution in [0.5, 0.6) is 5.75 Å². The Labute approximate surface area is 172 Å². The fourth-order valence-corrected chi connectivity index (χ4v) is 4.33. The van der Waals surface area contributed by atoms with Gasteiger partial charge in [-0.3, -0.25) is 9.69 Å². The number of carbonyl (C=O) groups excluding carboxylic acids is 1. The first kappa shape index (κ1) is 21.6. The van der Waals surface area contributed by atoms with Crippen LogP contribution in [0.2, 0.25) is 10.0 Å². The lowest BCUT2D eigenvalue weighted by Crippen LogP contribution is -2.53. The number of amides is 1. The summed E-state index contributed by atoms with van der Waals surface area (Å²) in [5.41, 5.74) is 0. The smallest absolute Gasteiger partial charge is 0.260 e. The van der Waals surface area contributed by atoms with Gasteiger partial charge in [0.1, 0.15) is 5.75 Å². The molecule has 0 spiro atoms. The molecule has 1 unspecified atom stereocenters.